The lowest BCUT2D eigenvalue weighted by Crippen LogP contribution is -2.30. The highest BCUT2D eigenvalue weighted by Gasteiger charge is 2.36. The van der Waals surface area contributed by atoms with E-state index in [0.29, 0.717) is 0 Å². The Morgan fingerprint density at radius 3 is 1.38 bits per heavy atom. The molecule has 4 rings (SSSR count). The van der Waals surface area contributed by atoms with Crippen LogP contribution in [0.25, 0.3) is 0 Å². The van der Waals surface area contributed by atoms with Crippen LogP contribution in [-0.4, -0.2) is 12.3 Å². The maximum Gasteiger partial charge on any atom is 0.0454 e. The zero-order valence-corrected chi connectivity index (χ0v) is 20.9. The van der Waals surface area contributed by atoms with Crippen LogP contribution in [-0.2, 0) is 11.8 Å². The Kier molecular flexibility index (Phi) is 8.32. The Labute approximate surface area is 202 Å². The first-order chi connectivity index (χ1) is 15.8. The van der Waals surface area contributed by atoms with Crippen molar-refractivity contribution in [1.82, 2.24) is 0 Å². The van der Waals surface area contributed by atoms with E-state index in [1.807, 2.05) is 0 Å². The Balaban J connectivity index is 1.58. The number of rotatable bonds is 10. The summed E-state index contributed by atoms with van der Waals surface area (Å²) in [5, 5.41) is 0. The molecule has 0 aliphatic rings. The fourth-order valence-corrected chi connectivity index (χ4v) is 7.19. The summed E-state index contributed by atoms with van der Waals surface area (Å²) >= 11 is 4.09. The lowest BCUT2D eigenvalue weighted by molar-refractivity contribution is 0.598. The molecule has 0 saturated carbocycles. The highest BCUT2D eigenvalue weighted by Crippen LogP contribution is 2.51. The molecular formula is C30H30BrP. The monoisotopic (exact) mass is 500 g/mol. The molecule has 4 aromatic rings. The molecule has 1 unspecified atom stereocenters. The first kappa shape index (κ1) is 23.0. The second-order valence-electron chi connectivity index (χ2n) is 8.25. The Morgan fingerprint density at radius 1 is 0.531 bits per heavy atom. The lowest BCUT2D eigenvalue weighted by atomic mass is 9.68. The first-order valence-corrected chi connectivity index (χ1v) is 15.1. The van der Waals surface area contributed by atoms with Gasteiger partial charge in [0.25, 0.3) is 0 Å². The number of halogens is 1. The summed E-state index contributed by atoms with van der Waals surface area (Å²) in [5.74, 6) is 0. The summed E-state index contributed by atoms with van der Waals surface area (Å²) in [6.07, 6.45) is 5.91. The molecule has 4 aromatic carbocycles. The van der Waals surface area contributed by atoms with Crippen LogP contribution in [0.3, 0.4) is 0 Å². The fourth-order valence-electron chi connectivity index (χ4n) is 4.60. The normalized spacial score (nSPS) is 12.4. The van der Waals surface area contributed by atoms with Gasteiger partial charge in [-0.3, -0.25) is 0 Å². The van der Waals surface area contributed by atoms with Crippen molar-refractivity contribution >= 4 is 22.1 Å². The molecule has 0 aliphatic heterocycles. The Hall–Kier alpha value is -2.21. The van der Waals surface area contributed by atoms with E-state index in [-0.39, 0.29) is 12.0 Å². The second kappa shape index (κ2) is 11.6. The van der Waals surface area contributed by atoms with E-state index in [9.17, 15) is 0 Å². The van der Waals surface area contributed by atoms with Crippen LogP contribution in [0.2, 0.25) is 0 Å². The summed E-state index contributed by atoms with van der Waals surface area (Å²) in [6.45, 7) is -0.200. The van der Waals surface area contributed by atoms with E-state index in [0.717, 1.165) is 12.8 Å². The molecule has 0 heterocycles. The van der Waals surface area contributed by atoms with Crippen molar-refractivity contribution in [2.75, 3.05) is 12.3 Å². The topological polar surface area (TPSA) is 0 Å². The number of aryl methyl sites for hydroxylation is 1. The second-order valence-corrected chi connectivity index (χ2v) is 13.1. The SMILES string of the molecule is BrP(CCCc1ccccc1)CCC(c1ccccc1)(c1ccccc1)c1ccccc1. The minimum atomic E-state index is -0.200. The quantitative estimate of drug-likeness (QED) is 0.150. The van der Waals surface area contributed by atoms with Crippen molar-refractivity contribution in [3.05, 3.63) is 144 Å². The zero-order valence-electron chi connectivity index (χ0n) is 18.4. The highest BCUT2D eigenvalue weighted by molar-refractivity contribution is 9.39. The predicted octanol–water partition coefficient (Wildman–Crippen LogP) is 8.84. The van der Waals surface area contributed by atoms with E-state index in [4.69, 9.17) is 0 Å². The highest BCUT2D eigenvalue weighted by atomic mass is 79.9. The summed E-state index contributed by atoms with van der Waals surface area (Å²) in [5.41, 5.74) is 5.42. The molecule has 1 atom stereocenters. The van der Waals surface area contributed by atoms with Crippen LogP contribution in [0.5, 0.6) is 0 Å². The molecule has 0 nitrogen and oxygen atoms in total. The van der Waals surface area contributed by atoms with Gasteiger partial charge in [0.15, 0.2) is 0 Å². The summed E-state index contributed by atoms with van der Waals surface area (Å²) in [4.78, 5) is 0. The summed E-state index contributed by atoms with van der Waals surface area (Å²) < 4.78 is 0. The largest absolute Gasteiger partial charge is 0.0622 e. The van der Waals surface area contributed by atoms with Gasteiger partial charge < -0.3 is 0 Å². The summed E-state index contributed by atoms with van der Waals surface area (Å²) in [6, 6.07) is 44.0. The molecule has 0 fully saturated rings. The standard InChI is InChI=1S/C30H30BrP/c31-32(24-13-16-26-14-5-1-6-15-26)25-23-30(27-17-7-2-8-18-27,28-19-9-3-10-20-28)29-21-11-4-12-22-29/h1-12,14-15,17-22H,13,16,23-25H2. The molecule has 32 heavy (non-hydrogen) atoms. The number of hydrogen-bond donors (Lipinski definition) is 0. The molecule has 0 aliphatic carbocycles. The number of hydrogen-bond acceptors (Lipinski definition) is 0. The van der Waals surface area contributed by atoms with Crippen molar-refractivity contribution < 1.29 is 0 Å². The third kappa shape index (κ3) is 5.58. The van der Waals surface area contributed by atoms with Gasteiger partial charge in [-0.1, -0.05) is 137 Å². The minimum absolute atomic E-state index is 0.141. The van der Waals surface area contributed by atoms with Crippen LogP contribution in [0.15, 0.2) is 121 Å². The van der Waals surface area contributed by atoms with Crippen LogP contribution in [0.4, 0.5) is 0 Å². The van der Waals surface area contributed by atoms with Crippen LogP contribution in [0, 0.1) is 0 Å². The van der Waals surface area contributed by atoms with Gasteiger partial charge in [0.1, 0.15) is 0 Å². The van der Waals surface area contributed by atoms with Crippen molar-refractivity contribution in [3.8, 4) is 0 Å². The average molecular weight is 501 g/mol. The van der Waals surface area contributed by atoms with Crippen LogP contribution < -0.4 is 0 Å². The lowest BCUT2D eigenvalue weighted by Gasteiger charge is -2.37. The van der Waals surface area contributed by atoms with E-state index >= 15 is 0 Å². The Morgan fingerprint density at radius 2 is 0.938 bits per heavy atom. The fraction of sp³-hybridized carbons (Fsp3) is 0.200. The molecule has 0 amide bonds. The molecule has 0 radical (unpaired) electrons. The van der Waals surface area contributed by atoms with Crippen molar-refractivity contribution in [3.63, 3.8) is 0 Å². The van der Waals surface area contributed by atoms with Gasteiger partial charge >= 0.3 is 0 Å². The third-order valence-corrected chi connectivity index (χ3v) is 9.88. The van der Waals surface area contributed by atoms with Crippen LogP contribution in [0.1, 0.15) is 35.1 Å². The molecule has 0 saturated heterocycles. The minimum Gasteiger partial charge on any atom is -0.0622 e. The number of benzene rings is 4. The first-order valence-electron chi connectivity index (χ1n) is 11.4. The molecule has 0 spiro atoms. The predicted molar refractivity (Wildman–Crippen MR) is 144 cm³/mol. The van der Waals surface area contributed by atoms with Gasteiger partial charge in [-0.05, 0) is 60.5 Å². The van der Waals surface area contributed by atoms with E-state index < -0.39 is 0 Å². The Bertz CT molecular complexity index is 952. The van der Waals surface area contributed by atoms with Crippen molar-refractivity contribution in [2.24, 2.45) is 0 Å². The smallest absolute Gasteiger partial charge is 0.0454 e. The van der Waals surface area contributed by atoms with Crippen molar-refractivity contribution in [1.29, 1.82) is 0 Å². The molecule has 0 N–H and O–H groups in total. The van der Waals surface area contributed by atoms with E-state index in [1.54, 1.807) is 0 Å². The van der Waals surface area contributed by atoms with Gasteiger partial charge in [0, 0.05) is 5.41 Å². The van der Waals surface area contributed by atoms with Gasteiger partial charge in [-0.25, -0.2) is 0 Å². The van der Waals surface area contributed by atoms with Crippen molar-refractivity contribution in [2.45, 2.75) is 24.7 Å². The maximum absolute atomic E-state index is 4.09. The molecule has 2 heteroatoms. The third-order valence-electron chi connectivity index (χ3n) is 6.24. The molecule has 162 valence electrons. The molecular weight excluding hydrogens is 471 g/mol. The van der Waals surface area contributed by atoms with E-state index in [1.165, 1.54) is 41.0 Å². The van der Waals surface area contributed by atoms with Gasteiger partial charge in [-0.15, -0.1) is 0 Å². The van der Waals surface area contributed by atoms with Gasteiger partial charge in [0.05, 0.1) is 0 Å². The van der Waals surface area contributed by atoms with Gasteiger partial charge in [-0.2, -0.15) is 0 Å². The van der Waals surface area contributed by atoms with E-state index in [2.05, 4.69) is 137 Å². The molecule has 0 bridgehead atoms. The molecule has 0 aromatic heterocycles. The maximum atomic E-state index is 4.09. The van der Waals surface area contributed by atoms with Gasteiger partial charge in [0.2, 0.25) is 0 Å². The van der Waals surface area contributed by atoms with Crippen LogP contribution >= 0.6 is 22.1 Å². The average Bonchev–Trinajstić information content (AvgIpc) is 2.87. The summed E-state index contributed by atoms with van der Waals surface area (Å²) in [7, 11) is 0. The zero-order chi connectivity index (χ0) is 22.1.